The number of rotatable bonds is 7. The van der Waals surface area contributed by atoms with Crippen LogP contribution in [0.2, 0.25) is 0 Å². The molecule has 0 radical (unpaired) electrons. The van der Waals surface area contributed by atoms with Crippen molar-refractivity contribution in [3.05, 3.63) is 0 Å². The third-order valence-electron chi connectivity index (χ3n) is 4.37. The van der Waals surface area contributed by atoms with Gasteiger partial charge >= 0.3 is 5.97 Å². The molecule has 0 aromatic carbocycles. The maximum absolute atomic E-state index is 12.2. The van der Waals surface area contributed by atoms with Gasteiger partial charge in [0.1, 0.15) is 5.54 Å². The summed E-state index contributed by atoms with van der Waals surface area (Å²) in [5, 5.41) is 12.2. The van der Waals surface area contributed by atoms with Crippen molar-refractivity contribution in [3.8, 4) is 0 Å². The maximum Gasteiger partial charge on any atom is 0.323 e. The minimum absolute atomic E-state index is 0.0134. The predicted octanol–water partition coefficient (Wildman–Crippen LogP) is 2.01. The second-order valence-corrected chi connectivity index (χ2v) is 6.04. The molecule has 1 fully saturated rings. The van der Waals surface area contributed by atoms with E-state index in [-0.39, 0.29) is 12.5 Å². The zero-order valence-corrected chi connectivity index (χ0v) is 12.9. The molecular weight excluding hydrogens is 256 g/mol. The Morgan fingerprint density at radius 1 is 1.30 bits per heavy atom. The molecule has 2 N–H and O–H groups in total. The van der Waals surface area contributed by atoms with Crippen LogP contribution in [0.15, 0.2) is 0 Å². The van der Waals surface area contributed by atoms with E-state index in [1.807, 2.05) is 14.0 Å². The Hall–Kier alpha value is -1.10. The summed E-state index contributed by atoms with van der Waals surface area (Å²) in [7, 11) is 1.83. The minimum atomic E-state index is -1.02. The molecule has 1 amide bonds. The molecule has 5 nitrogen and oxygen atoms in total. The van der Waals surface area contributed by atoms with Crippen LogP contribution < -0.4 is 5.32 Å². The fourth-order valence-electron chi connectivity index (χ4n) is 2.84. The molecule has 0 aromatic heterocycles. The van der Waals surface area contributed by atoms with E-state index in [4.69, 9.17) is 0 Å². The molecule has 0 aliphatic heterocycles. The zero-order chi connectivity index (χ0) is 15.2. The number of carbonyl (C=O) groups excluding carboxylic acids is 1. The van der Waals surface area contributed by atoms with Crippen LogP contribution in [0, 0.1) is 0 Å². The van der Waals surface area contributed by atoms with Gasteiger partial charge in [0.25, 0.3) is 0 Å². The van der Waals surface area contributed by atoms with Gasteiger partial charge in [-0.25, -0.2) is 0 Å². The standard InChI is InChI=1S/C15H28N2O3/c1-4-10-15(2,14(19)20)16-11-13(18)17(3)12-8-6-5-7-9-12/h12,16H,4-11H2,1-3H3,(H,19,20). The van der Waals surface area contributed by atoms with Gasteiger partial charge in [0.2, 0.25) is 5.91 Å². The molecule has 1 rings (SSSR count). The Balaban J connectivity index is 2.50. The van der Waals surface area contributed by atoms with Crippen molar-refractivity contribution in [2.45, 2.75) is 70.4 Å². The van der Waals surface area contributed by atoms with E-state index in [9.17, 15) is 14.7 Å². The second-order valence-electron chi connectivity index (χ2n) is 6.04. The van der Waals surface area contributed by atoms with Crippen LogP contribution in [0.3, 0.4) is 0 Å². The highest BCUT2D eigenvalue weighted by Crippen LogP contribution is 2.21. The monoisotopic (exact) mass is 284 g/mol. The van der Waals surface area contributed by atoms with Gasteiger partial charge in [-0.3, -0.25) is 14.9 Å². The Bertz CT molecular complexity index is 340. The van der Waals surface area contributed by atoms with Gasteiger partial charge in [0.05, 0.1) is 6.54 Å². The van der Waals surface area contributed by atoms with E-state index in [1.54, 1.807) is 11.8 Å². The van der Waals surface area contributed by atoms with Crippen LogP contribution in [0.25, 0.3) is 0 Å². The van der Waals surface area contributed by atoms with E-state index in [1.165, 1.54) is 19.3 Å². The Kier molecular flexibility index (Phi) is 6.46. The van der Waals surface area contributed by atoms with Gasteiger partial charge in [0.15, 0.2) is 0 Å². The number of aliphatic carboxylic acids is 1. The smallest absolute Gasteiger partial charge is 0.323 e. The Morgan fingerprint density at radius 2 is 1.90 bits per heavy atom. The molecule has 0 saturated heterocycles. The quantitative estimate of drug-likeness (QED) is 0.750. The summed E-state index contributed by atoms with van der Waals surface area (Å²) in [6.07, 6.45) is 7.02. The van der Waals surface area contributed by atoms with Gasteiger partial charge < -0.3 is 10.0 Å². The molecule has 20 heavy (non-hydrogen) atoms. The van der Waals surface area contributed by atoms with Crippen molar-refractivity contribution >= 4 is 11.9 Å². The van der Waals surface area contributed by atoms with Crippen LogP contribution in [0.5, 0.6) is 0 Å². The maximum atomic E-state index is 12.2. The molecule has 1 saturated carbocycles. The summed E-state index contributed by atoms with van der Waals surface area (Å²) < 4.78 is 0. The highest BCUT2D eigenvalue weighted by atomic mass is 16.4. The van der Waals surface area contributed by atoms with Crippen LogP contribution >= 0.6 is 0 Å². The summed E-state index contributed by atoms with van der Waals surface area (Å²) >= 11 is 0. The summed E-state index contributed by atoms with van der Waals surface area (Å²) in [5.41, 5.74) is -1.02. The first-order valence-corrected chi connectivity index (χ1v) is 7.65. The lowest BCUT2D eigenvalue weighted by Crippen LogP contribution is -2.53. The number of nitrogens with one attached hydrogen (secondary N) is 1. The van der Waals surface area contributed by atoms with E-state index >= 15 is 0 Å². The highest BCUT2D eigenvalue weighted by molar-refractivity contribution is 5.82. The van der Waals surface area contributed by atoms with E-state index in [2.05, 4.69) is 5.32 Å². The third-order valence-corrected chi connectivity index (χ3v) is 4.37. The number of carbonyl (C=O) groups is 2. The Morgan fingerprint density at radius 3 is 2.40 bits per heavy atom. The van der Waals surface area contributed by atoms with Crippen LogP contribution in [-0.4, -0.2) is 47.1 Å². The minimum Gasteiger partial charge on any atom is -0.480 e. The predicted molar refractivity (Wildman–Crippen MR) is 78.6 cm³/mol. The van der Waals surface area contributed by atoms with Crippen molar-refractivity contribution in [2.24, 2.45) is 0 Å². The summed E-state index contributed by atoms with van der Waals surface area (Å²) in [5.74, 6) is -0.909. The van der Waals surface area contributed by atoms with Crippen molar-refractivity contribution in [1.82, 2.24) is 10.2 Å². The molecule has 1 aliphatic rings. The van der Waals surface area contributed by atoms with E-state index in [0.29, 0.717) is 12.5 Å². The van der Waals surface area contributed by atoms with Gasteiger partial charge in [-0.1, -0.05) is 32.6 Å². The third kappa shape index (κ3) is 4.47. The largest absolute Gasteiger partial charge is 0.480 e. The van der Waals surface area contributed by atoms with Crippen LogP contribution in [-0.2, 0) is 9.59 Å². The first-order chi connectivity index (χ1) is 9.40. The number of hydrogen-bond acceptors (Lipinski definition) is 3. The number of nitrogens with zero attached hydrogens (tertiary/aromatic N) is 1. The van der Waals surface area contributed by atoms with Crippen molar-refractivity contribution in [3.63, 3.8) is 0 Å². The first-order valence-electron chi connectivity index (χ1n) is 7.65. The fraction of sp³-hybridized carbons (Fsp3) is 0.867. The lowest BCUT2D eigenvalue weighted by atomic mass is 9.94. The number of amides is 1. The fourth-order valence-corrected chi connectivity index (χ4v) is 2.84. The van der Waals surface area contributed by atoms with Crippen molar-refractivity contribution in [1.29, 1.82) is 0 Å². The number of carboxylic acids is 1. The summed E-state index contributed by atoms with van der Waals surface area (Å²) in [6.45, 7) is 3.68. The van der Waals surface area contributed by atoms with Gasteiger partial charge in [0, 0.05) is 13.1 Å². The molecule has 116 valence electrons. The average Bonchev–Trinajstić information content (AvgIpc) is 2.45. The number of carboxylic acid groups (broad SMARTS) is 1. The molecule has 0 bridgehead atoms. The average molecular weight is 284 g/mol. The lowest BCUT2D eigenvalue weighted by Gasteiger charge is -2.33. The summed E-state index contributed by atoms with van der Waals surface area (Å²) in [6, 6.07) is 0.320. The van der Waals surface area contributed by atoms with E-state index < -0.39 is 11.5 Å². The Labute approximate surface area is 121 Å². The van der Waals surface area contributed by atoms with Crippen molar-refractivity contribution in [2.75, 3.05) is 13.6 Å². The molecule has 1 aliphatic carbocycles. The highest BCUT2D eigenvalue weighted by Gasteiger charge is 2.33. The topological polar surface area (TPSA) is 69.6 Å². The van der Waals surface area contributed by atoms with Crippen LogP contribution in [0.1, 0.15) is 58.8 Å². The first kappa shape index (κ1) is 17.0. The molecule has 5 heteroatoms. The van der Waals surface area contributed by atoms with Crippen molar-refractivity contribution < 1.29 is 14.7 Å². The number of hydrogen-bond donors (Lipinski definition) is 2. The zero-order valence-electron chi connectivity index (χ0n) is 12.9. The van der Waals surface area contributed by atoms with Gasteiger partial charge in [-0.15, -0.1) is 0 Å². The van der Waals surface area contributed by atoms with E-state index in [0.717, 1.165) is 19.3 Å². The number of likely N-dealkylation sites (N-methyl/N-ethyl adjacent to an activating group) is 1. The van der Waals surface area contributed by atoms with Gasteiger partial charge in [-0.05, 0) is 26.2 Å². The molecule has 1 atom stereocenters. The van der Waals surface area contributed by atoms with Gasteiger partial charge in [-0.2, -0.15) is 0 Å². The lowest BCUT2D eigenvalue weighted by molar-refractivity contribution is -0.145. The molecule has 0 heterocycles. The second kappa shape index (κ2) is 7.62. The van der Waals surface area contributed by atoms with Crippen LogP contribution in [0.4, 0.5) is 0 Å². The molecule has 0 spiro atoms. The molecular formula is C15H28N2O3. The molecule has 0 aromatic rings. The summed E-state index contributed by atoms with van der Waals surface area (Å²) in [4.78, 5) is 25.3. The normalized spacial score (nSPS) is 19.4. The SMILES string of the molecule is CCCC(C)(NCC(=O)N(C)C1CCCCC1)C(=O)O. The molecule has 1 unspecified atom stereocenters.